The first-order valence-electron chi connectivity index (χ1n) is 5.64. The maximum atomic E-state index is 11.9. The molecule has 0 aliphatic heterocycles. The summed E-state index contributed by atoms with van der Waals surface area (Å²) in [5, 5.41) is 2.66. The highest BCUT2D eigenvalue weighted by Gasteiger charge is 2.42. The zero-order valence-corrected chi connectivity index (χ0v) is 11.3. The molecule has 0 unspecified atom stereocenters. The number of carbonyl (C=O) groups excluding carboxylic acids is 1. The second kappa shape index (κ2) is 5.50. The number of rotatable bonds is 3. The maximum absolute atomic E-state index is 11.9. The summed E-state index contributed by atoms with van der Waals surface area (Å²) in [5.74, 6) is -0.694. The molecule has 1 aromatic carbocycles. The Hall–Kier alpha value is -1.08. The van der Waals surface area contributed by atoms with Crippen molar-refractivity contribution in [2.45, 2.75) is 25.3 Å². The van der Waals surface area contributed by atoms with Crippen LogP contribution in [0.25, 0.3) is 0 Å². The third-order valence-electron chi connectivity index (χ3n) is 2.88. The number of nitrogens with one attached hydrogen (secondary N) is 1. The Labute approximate surface area is 116 Å². The van der Waals surface area contributed by atoms with Crippen molar-refractivity contribution in [3.8, 4) is 0 Å². The topological polar surface area (TPSA) is 38.3 Å². The van der Waals surface area contributed by atoms with Crippen LogP contribution in [0.4, 0.5) is 18.9 Å². The van der Waals surface area contributed by atoms with Crippen LogP contribution in [0.5, 0.6) is 0 Å². The van der Waals surface area contributed by atoms with Gasteiger partial charge in [-0.3, -0.25) is 9.53 Å². The molecule has 0 atom stereocenters. The first-order chi connectivity index (χ1) is 8.83. The summed E-state index contributed by atoms with van der Waals surface area (Å²) in [6.45, 7) is 0. The minimum Gasteiger partial charge on any atom is -0.326 e. The van der Waals surface area contributed by atoms with Gasteiger partial charge >= 0.3 is 6.36 Å². The molecule has 0 radical (unpaired) electrons. The Bertz CT molecular complexity index is 455. The van der Waals surface area contributed by atoms with Crippen molar-refractivity contribution >= 4 is 27.5 Å². The van der Waals surface area contributed by atoms with Crippen molar-refractivity contribution in [1.29, 1.82) is 0 Å². The van der Waals surface area contributed by atoms with E-state index < -0.39 is 18.4 Å². The minimum atomic E-state index is -4.63. The first kappa shape index (κ1) is 14.3. The smallest absolute Gasteiger partial charge is 0.326 e. The summed E-state index contributed by atoms with van der Waals surface area (Å²) >= 11 is 3.27. The quantitative estimate of drug-likeness (QED) is 0.913. The number of benzene rings is 1. The van der Waals surface area contributed by atoms with Gasteiger partial charge in [-0.15, -0.1) is 13.2 Å². The zero-order chi connectivity index (χ0) is 14.0. The van der Waals surface area contributed by atoms with E-state index >= 15 is 0 Å². The molecule has 0 aromatic heterocycles. The second-order valence-corrected chi connectivity index (χ2v) is 5.27. The van der Waals surface area contributed by atoms with E-state index in [1.807, 2.05) is 0 Å². The molecule has 1 N–H and O–H groups in total. The molecule has 1 aromatic rings. The largest absolute Gasteiger partial charge is 0.522 e. The third kappa shape index (κ3) is 4.21. The lowest BCUT2D eigenvalue weighted by atomic mass is 9.81. The molecular weight excluding hydrogens is 327 g/mol. The molecule has 0 bridgehead atoms. The average molecular weight is 338 g/mol. The van der Waals surface area contributed by atoms with E-state index in [4.69, 9.17) is 0 Å². The molecule has 2 rings (SSSR count). The van der Waals surface area contributed by atoms with E-state index in [9.17, 15) is 18.0 Å². The van der Waals surface area contributed by atoms with Crippen LogP contribution in [-0.2, 0) is 9.53 Å². The Balaban J connectivity index is 1.79. The van der Waals surface area contributed by atoms with E-state index in [0.29, 0.717) is 5.69 Å². The van der Waals surface area contributed by atoms with Gasteiger partial charge in [-0.25, -0.2) is 0 Å². The minimum absolute atomic E-state index is 0.0991. The Kier molecular flexibility index (Phi) is 4.15. The van der Waals surface area contributed by atoms with Crippen molar-refractivity contribution in [2.75, 3.05) is 5.32 Å². The van der Waals surface area contributed by atoms with Gasteiger partial charge in [0.15, 0.2) is 0 Å². The lowest BCUT2D eigenvalue weighted by molar-refractivity contribution is -0.353. The number of ether oxygens (including phenoxy) is 1. The van der Waals surface area contributed by atoms with Gasteiger partial charge in [-0.05, 0) is 37.1 Å². The van der Waals surface area contributed by atoms with Gasteiger partial charge in [0, 0.05) is 16.1 Å². The third-order valence-corrected chi connectivity index (χ3v) is 3.41. The van der Waals surface area contributed by atoms with Crippen LogP contribution in [0, 0.1) is 5.92 Å². The van der Waals surface area contributed by atoms with Crippen molar-refractivity contribution in [1.82, 2.24) is 0 Å². The SMILES string of the molecule is O=C(Nc1ccc(Br)cc1)C1CC(OC(F)(F)F)C1. The van der Waals surface area contributed by atoms with Crippen LogP contribution in [-0.4, -0.2) is 18.4 Å². The van der Waals surface area contributed by atoms with Gasteiger partial charge in [0.1, 0.15) is 0 Å². The summed E-state index contributed by atoms with van der Waals surface area (Å²) in [6.07, 6.45) is -5.33. The lowest BCUT2D eigenvalue weighted by Crippen LogP contribution is -2.41. The van der Waals surface area contributed by atoms with Crippen LogP contribution < -0.4 is 5.32 Å². The number of hydrogen-bond acceptors (Lipinski definition) is 2. The van der Waals surface area contributed by atoms with Crippen LogP contribution in [0.1, 0.15) is 12.8 Å². The number of hydrogen-bond donors (Lipinski definition) is 1. The average Bonchev–Trinajstić information content (AvgIpc) is 2.24. The van der Waals surface area contributed by atoms with Crippen LogP contribution in [0.3, 0.4) is 0 Å². The van der Waals surface area contributed by atoms with Gasteiger partial charge in [-0.2, -0.15) is 0 Å². The van der Waals surface area contributed by atoms with Gasteiger partial charge in [-0.1, -0.05) is 15.9 Å². The summed E-state index contributed by atoms with van der Waals surface area (Å²) in [4.78, 5) is 11.7. The molecular formula is C12H11BrF3NO2. The van der Waals surface area contributed by atoms with Crippen LogP contribution >= 0.6 is 15.9 Å². The molecule has 1 fully saturated rings. The summed E-state index contributed by atoms with van der Waals surface area (Å²) in [7, 11) is 0. The monoisotopic (exact) mass is 337 g/mol. The lowest BCUT2D eigenvalue weighted by Gasteiger charge is -2.34. The predicted octanol–water partition coefficient (Wildman–Crippen LogP) is 3.70. The van der Waals surface area contributed by atoms with E-state index in [2.05, 4.69) is 26.0 Å². The Morgan fingerprint density at radius 3 is 2.37 bits per heavy atom. The molecule has 104 valence electrons. The highest BCUT2D eigenvalue weighted by molar-refractivity contribution is 9.10. The number of carbonyl (C=O) groups is 1. The fourth-order valence-electron chi connectivity index (χ4n) is 1.84. The van der Waals surface area contributed by atoms with Crippen molar-refractivity contribution < 1.29 is 22.7 Å². The standard InChI is InChI=1S/C12H11BrF3NO2/c13-8-1-3-9(4-2-8)17-11(18)7-5-10(6-7)19-12(14,15)16/h1-4,7,10H,5-6H2,(H,17,18). The van der Waals surface area contributed by atoms with E-state index in [1.165, 1.54) is 0 Å². The Morgan fingerprint density at radius 2 is 1.84 bits per heavy atom. The number of alkyl halides is 3. The van der Waals surface area contributed by atoms with E-state index in [-0.39, 0.29) is 18.7 Å². The fourth-order valence-corrected chi connectivity index (χ4v) is 2.11. The normalized spacial score (nSPS) is 22.7. The molecule has 7 heteroatoms. The highest BCUT2D eigenvalue weighted by Crippen LogP contribution is 2.35. The molecule has 1 amide bonds. The van der Waals surface area contributed by atoms with Crippen molar-refractivity contribution in [2.24, 2.45) is 5.92 Å². The van der Waals surface area contributed by atoms with Gasteiger partial charge in [0.05, 0.1) is 6.10 Å². The van der Waals surface area contributed by atoms with Crippen molar-refractivity contribution in [3.63, 3.8) is 0 Å². The number of halogens is 4. The summed E-state index contributed by atoms with van der Waals surface area (Å²) in [6, 6.07) is 6.96. The fraction of sp³-hybridized carbons (Fsp3) is 0.417. The molecule has 1 saturated carbocycles. The molecule has 0 spiro atoms. The summed E-state index contributed by atoms with van der Waals surface area (Å²) < 4.78 is 40.5. The predicted molar refractivity (Wildman–Crippen MR) is 66.4 cm³/mol. The molecule has 0 heterocycles. The first-order valence-corrected chi connectivity index (χ1v) is 6.44. The molecule has 19 heavy (non-hydrogen) atoms. The van der Waals surface area contributed by atoms with Gasteiger partial charge < -0.3 is 5.32 Å². The van der Waals surface area contributed by atoms with Gasteiger partial charge in [0.25, 0.3) is 0 Å². The summed E-state index contributed by atoms with van der Waals surface area (Å²) in [5.41, 5.74) is 0.619. The zero-order valence-electron chi connectivity index (χ0n) is 9.71. The maximum Gasteiger partial charge on any atom is 0.522 e. The molecule has 1 aliphatic rings. The van der Waals surface area contributed by atoms with Gasteiger partial charge in [0.2, 0.25) is 5.91 Å². The van der Waals surface area contributed by atoms with E-state index in [0.717, 1.165) is 4.47 Å². The van der Waals surface area contributed by atoms with Crippen LogP contribution in [0.2, 0.25) is 0 Å². The van der Waals surface area contributed by atoms with Crippen LogP contribution in [0.15, 0.2) is 28.7 Å². The Morgan fingerprint density at radius 1 is 1.26 bits per heavy atom. The van der Waals surface area contributed by atoms with Crippen molar-refractivity contribution in [3.05, 3.63) is 28.7 Å². The highest BCUT2D eigenvalue weighted by atomic mass is 79.9. The number of amides is 1. The second-order valence-electron chi connectivity index (χ2n) is 4.35. The molecule has 0 saturated heterocycles. The molecule has 3 nitrogen and oxygen atoms in total. The number of anilines is 1. The molecule has 1 aliphatic carbocycles. The van der Waals surface area contributed by atoms with E-state index in [1.54, 1.807) is 24.3 Å².